The van der Waals surface area contributed by atoms with Crippen molar-refractivity contribution in [1.29, 1.82) is 0 Å². The summed E-state index contributed by atoms with van der Waals surface area (Å²) in [5.74, 6) is 0. The SMILES string of the molecule is O=S([O-])c1cccc2ccccc12.O=S([O-])c1cccc2ccccc12.[Mg+2]. The topological polar surface area (TPSA) is 80.3 Å². The van der Waals surface area contributed by atoms with Crippen LogP contribution in [0.3, 0.4) is 0 Å². The average molecular weight is 407 g/mol. The Morgan fingerprint density at radius 2 is 0.852 bits per heavy atom. The van der Waals surface area contributed by atoms with Crippen molar-refractivity contribution < 1.29 is 17.5 Å². The van der Waals surface area contributed by atoms with Crippen LogP contribution in [0.5, 0.6) is 0 Å². The molecule has 0 aliphatic heterocycles. The molecule has 0 bridgehead atoms. The predicted molar refractivity (Wildman–Crippen MR) is 108 cm³/mol. The van der Waals surface area contributed by atoms with E-state index >= 15 is 0 Å². The zero-order valence-electron chi connectivity index (χ0n) is 14.2. The van der Waals surface area contributed by atoms with Crippen molar-refractivity contribution in [3.8, 4) is 0 Å². The Labute approximate surface area is 178 Å². The van der Waals surface area contributed by atoms with E-state index in [-0.39, 0.29) is 23.1 Å². The second-order valence-electron chi connectivity index (χ2n) is 5.42. The molecule has 0 fully saturated rings. The first-order valence-electron chi connectivity index (χ1n) is 7.72. The molecule has 4 aromatic rings. The van der Waals surface area contributed by atoms with Gasteiger partial charge >= 0.3 is 23.1 Å². The summed E-state index contributed by atoms with van der Waals surface area (Å²) in [7, 11) is 0. The van der Waals surface area contributed by atoms with Gasteiger partial charge in [-0.25, -0.2) is 0 Å². The molecule has 0 aliphatic rings. The average Bonchev–Trinajstić information content (AvgIpc) is 2.67. The molecule has 0 N–H and O–H groups in total. The minimum Gasteiger partial charge on any atom is -0.768 e. The first kappa shape index (κ1) is 21.7. The van der Waals surface area contributed by atoms with E-state index in [4.69, 9.17) is 0 Å². The van der Waals surface area contributed by atoms with E-state index in [1.54, 1.807) is 36.4 Å². The van der Waals surface area contributed by atoms with Gasteiger partial charge in [0, 0.05) is 9.79 Å². The standard InChI is InChI=1S/2C10H8O2S.Mg/c2*11-13(12)10-7-3-5-8-4-1-2-6-9(8)10;/h2*1-7H,(H,11,12);/q;;+2/p-2. The Bertz CT molecular complexity index is 1020. The van der Waals surface area contributed by atoms with Crippen molar-refractivity contribution in [1.82, 2.24) is 0 Å². The molecule has 4 aromatic carbocycles. The maximum atomic E-state index is 10.8. The van der Waals surface area contributed by atoms with Gasteiger partial charge in [0.05, 0.1) is 0 Å². The van der Waals surface area contributed by atoms with Crippen LogP contribution in [0, 0.1) is 0 Å². The van der Waals surface area contributed by atoms with Gasteiger partial charge in [-0.2, -0.15) is 0 Å². The van der Waals surface area contributed by atoms with E-state index in [0.29, 0.717) is 9.79 Å². The zero-order valence-corrected chi connectivity index (χ0v) is 17.3. The van der Waals surface area contributed by atoms with Crippen molar-refractivity contribution in [3.63, 3.8) is 0 Å². The molecule has 4 rings (SSSR count). The molecule has 132 valence electrons. The molecule has 7 heteroatoms. The van der Waals surface area contributed by atoms with Crippen LogP contribution < -0.4 is 0 Å². The fourth-order valence-corrected chi connectivity index (χ4v) is 3.79. The van der Waals surface area contributed by atoms with Gasteiger partial charge < -0.3 is 9.11 Å². The summed E-state index contributed by atoms with van der Waals surface area (Å²) in [4.78, 5) is 0.719. The molecule has 0 amide bonds. The number of hydrogen-bond acceptors (Lipinski definition) is 4. The number of fused-ring (bicyclic) bond motifs is 2. The molecule has 0 saturated heterocycles. The van der Waals surface area contributed by atoms with Gasteiger partial charge in [-0.15, -0.1) is 0 Å². The predicted octanol–water partition coefficient (Wildman–Crippen LogP) is 3.77. The Morgan fingerprint density at radius 3 is 1.22 bits per heavy atom. The quantitative estimate of drug-likeness (QED) is 0.375. The third kappa shape index (κ3) is 5.22. The van der Waals surface area contributed by atoms with Crippen molar-refractivity contribution in [3.05, 3.63) is 84.9 Å². The summed E-state index contributed by atoms with van der Waals surface area (Å²) in [5, 5.41) is 3.45. The smallest absolute Gasteiger partial charge is 0.768 e. The zero-order chi connectivity index (χ0) is 18.5. The van der Waals surface area contributed by atoms with Crippen molar-refractivity contribution in [2.45, 2.75) is 9.79 Å². The van der Waals surface area contributed by atoms with Gasteiger partial charge in [-0.05, 0) is 55.8 Å². The molecule has 4 nitrogen and oxygen atoms in total. The molecule has 0 spiro atoms. The van der Waals surface area contributed by atoms with Crippen LogP contribution in [0.15, 0.2) is 94.7 Å². The Kier molecular flexibility index (Phi) is 8.09. The van der Waals surface area contributed by atoms with Gasteiger partial charge in [0.15, 0.2) is 0 Å². The molecule has 27 heavy (non-hydrogen) atoms. The van der Waals surface area contributed by atoms with Crippen LogP contribution in [-0.2, 0) is 22.2 Å². The molecule has 0 aromatic heterocycles. The van der Waals surface area contributed by atoms with Gasteiger partial charge in [0.25, 0.3) is 0 Å². The molecule has 2 atom stereocenters. The molecule has 0 radical (unpaired) electrons. The van der Waals surface area contributed by atoms with E-state index < -0.39 is 22.2 Å². The summed E-state index contributed by atoms with van der Waals surface area (Å²) in [6.45, 7) is 0. The Balaban J connectivity index is 0.000000187. The summed E-state index contributed by atoms with van der Waals surface area (Å²) >= 11 is -4.31. The molecular formula is C20H14MgO4S2. The maximum Gasteiger partial charge on any atom is 2.00 e. The van der Waals surface area contributed by atoms with Crippen LogP contribution in [0.1, 0.15) is 0 Å². The second kappa shape index (κ2) is 10.1. The van der Waals surface area contributed by atoms with Crippen LogP contribution in [0.4, 0.5) is 0 Å². The Morgan fingerprint density at radius 1 is 0.519 bits per heavy atom. The van der Waals surface area contributed by atoms with Crippen molar-refractivity contribution in [2.24, 2.45) is 0 Å². The van der Waals surface area contributed by atoms with Gasteiger partial charge in [-0.3, -0.25) is 8.42 Å². The summed E-state index contributed by atoms with van der Waals surface area (Å²) < 4.78 is 43.3. The molecule has 0 saturated carbocycles. The van der Waals surface area contributed by atoms with Gasteiger partial charge in [-0.1, -0.05) is 72.8 Å². The Hall–Kier alpha value is -1.61. The molecule has 0 heterocycles. The first-order valence-corrected chi connectivity index (χ1v) is 9.87. The normalized spacial score (nSPS) is 12.5. The fourth-order valence-electron chi connectivity index (χ4n) is 2.68. The molecule has 2 unspecified atom stereocenters. The minimum absolute atomic E-state index is 0. The summed E-state index contributed by atoms with van der Waals surface area (Å²) in [5.41, 5.74) is 0. The van der Waals surface area contributed by atoms with Crippen molar-refractivity contribution in [2.75, 3.05) is 0 Å². The van der Waals surface area contributed by atoms with E-state index in [2.05, 4.69) is 0 Å². The van der Waals surface area contributed by atoms with Crippen molar-refractivity contribution >= 4 is 66.8 Å². The van der Waals surface area contributed by atoms with Gasteiger partial charge in [0.1, 0.15) is 0 Å². The third-order valence-corrected chi connectivity index (χ3v) is 5.29. The van der Waals surface area contributed by atoms with E-state index in [1.807, 2.05) is 48.5 Å². The minimum atomic E-state index is -2.15. The monoisotopic (exact) mass is 406 g/mol. The number of rotatable bonds is 2. The fraction of sp³-hybridized carbons (Fsp3) is 0. The van der Waals surface area contributed by atoms with Gasteiger partial charge in [0.2, 0.25) is 0 Å². The second-order valence-corrected chi connectivity index (χ2v) is 7.24. The maximum absolute atomic E-state index is 10.8. The molecule has 0 aliphatic carbocycles. The van der Waals surface area contributed by atoms with E-state index in [9.17, 15) is 17.5 Å². The third-order valence-electron chi connectivity index (χ3n) is 3.86. The molecular weight excluding hydrogens is 393 g/mol. The van der Waals surface area contributed by atoms with Crippen LogP contribution in [-0.4, -0.2) is 40.6 Å². The first-order chi connectivity index (χ1) is 12.6. The van der Waals surface area contributed by atoms with Crippen LogP contribution in [0.2, 0.25) is 0 Å². The number of benzene rings is 4. The summed E-state index contributed by atoms with van der Waals surface area (Å²) in [6, 6.07) is 25.3. The van der Waals surface area contributed by atoms with Crippen LogP contribution in [0.25, 0.3) is 21.5 Å². The van der Waals surface area contributed by atoms with Crippen LogP contribution >= 0.6 is 0 Å². The van der Waals surface area contributed by atoms with E-state index in [0.717, 1.165) is 21.5 Å². The summed E-state index contributed by atoms with van der Waals surface area (Å²) in [6.07, 6.45) is 0. The largest absolute Gasteiger partial charge is 2.00 e. The number of hydrogen-bond donors (Lipinski definition) is 0. The van der Waals surface area contributed by atoms with E-state index in [1.165, 1.54) is 0 Å².